The maximum atomic E-state index is 4.58. The van der Waals surface area contributed by atoms with Crippen molar-refractivity contribution in [2.24, 2.45) is 7.05 Å². The van der Waals surface area contributed by atoms with Crippen LogP contribution in [0, 0.1) is 0 Å². The maximum Gasteiger partial charge on any atom is 0.0709 e. The van der Waals surface area contributed by atoms with E-state index in [1.165, 1.54) is 0 Å². The van der Waals surface area contributed by atoms with Gasteiger partial charge in [-0.3, -0.25) is 4.68 Å². The minimum absolute atomic E-state index is 0.956. The summed E-state index contributed by atoms with van der Waals surface area (Å²) < 4.78 is 1.79. The van der Waals surface area contributed by atoms with Gasteiger partial charge in [-0.2, -0.15) is 5.10 Å². The Hall–Kier alpha value is -2.42. The molecular formula is C15H13N3. The van der Waals surface area contributed by atoms with Gasteiger partial charge in [-0.1, -0.05) is 24.3 Å². The first-order valence-electron chi connectivity index (χ1n) is 5.84. The van der Waals surface area contributed by atoms with Crippen LogP contribution in [-0.4, -0.2) is 14.8 Å². The molecular weight excluding hydrogens is 222 g/mol. The summed E-state index contributed by atoms with van der Waals surface area (Å²) in [6.07, 6.45) is 7.82. The molecule has 3 aromatic rings. The van der Waals surface area contributed by atoms with E-state index in [0.29, 0.717) is 0 Å². The Bertz CT molecular complexity index is 710. The highest BCUT2D eigenvalue weighted by Gasteiger charge is 1.95. The number of fused-ring (bicyclic) bond motifs is 1. The molecule has 2 heterocycles. The summed E-state index contributed by atoms with van der Waals surface area (Å²) in [6.45, 7) is 0. The van der Waals surface area contributed by atoms with Crippen LogP contribution >= 0.6 is 0 Å². The van der Waals surface area contributed by atoms with Crippen molar-refractivity contribution in [1.29, 1.82) is 0 Å². The first-order valence-corrected chi connectivity index (χ1v) is 5.84. The van der Waals surface area contributed by atoms with Gasteiger partial charge in [0.1, 0.15) is 0 Å². The number of aromatic nitrogens is 3. The molecule has 2 aromatic heterocycles. The number of rotatable bonds is 2. The third kappa shape index (κ3) is 2.15. The standard InChI is InChI=1S/C15H13N3/c1-18-11-12(10-16-18)6-8-14-9-7-13-4-2-3-5-15(13)17-14/h2-11H,1H3/b8-6+. The van der Waals surface area contributed by atoms with Crippen LogP contribution in [0.15, 0.2) is 48.8 Å². The highest BCUT2D eigenvalue weighted by molar-refractivity contribution is 5.80. The molecule has 88 valence electrons. The van der Waals surface area contributed by atoms with Gasteiger partial charge in [0, 0.05) is 24.2 Å². The second-order valence-electron chi connectivity index (χ2n) is 4.21. The number of pyridine rings is 1. The van der Waals surface area contributed by atoms with E-state index >= 15 is 0 Å². The summed E-state index contributed by atoms with van der Waals surface area (Å²) >= 11 is 0. The third-order valence-corrected chi connectivity index (χ3v) is 2.79. The van der Waals surface area contributed by atoms with E-state index in [0.717, 1.165) is 22.2 Å². The molecule has 0 N–H and O–H groups in total. The summed E-state index contributed by atoms with van der Waals surface area (Å²) in [5.74, 6) is 0. The summed E-state index contributed by atoms with van der Waals surface area (Å²) in [5.41, 5.74) is 3.05. The van der Waals surface area contributed by atoms with Crippen LogP contribution in [0.5, 0.6) is 0 Å². The van der Waals surface area contributed by atoms with Crippen LogP contribution in [0.3, 0.4) is 0 Å². The van der Waals surface area contributed by atoms with Gasteiger partial charge in [0.15, 0.2) is 0 Å². The maximum absolute atomic E-state index is 4.58. The Balaban J connectivity index is 1.93. The molecule has 0 atom stereocenters. The normalized spacial score (nSPS) is 11.4. The van der Waals surface area contributed by atoms with Crippen molar-refractivity contribution in [2.75, 3.05) is 0 Å². The molecule has 0 saturated heterocycles. The van der Waals surface area contributed by atoms with E-state index in [9.17, 15) is 0 Å². The summed E-state index contributed by atoms with van der Waals surface area (Å²) in [4.78, 5) is 4.58. The topological polar surface area (TPSA) is 30.7 Å². The monoisotopic (exact) mass is 235 g/mol. The Kier molecular flexibility index (Phi) is 2.65. The van der Waals surface area contributed by atoms with Crippen molar-refractivity contribution in [2.45, 2.75) is 0 Å². The van der Waals surface area contributed by atoms with Crippen molar-refractivity contribution in [3.63, 3.8) is 0 Å². The van der Waals surface area contributed by atoms with Crippen molar-refractivity contribution in [3.05, 3.63) is 60.0 Å². The molecule has 3 heteroatoms. The van der Waals surface area contributed by atoms with Gasteiger partial charge in [-0.05, 0) is 24.3 Å². The molecule has 0 amide bonds. The molecule has 0 aliphatic heterocycles. The SMILES string of the molecule is Cn1cc(/C=C/c2ccc3ccccc3n2)cn1. The van der Waals surface area contributed by atoms with Gasteiger partial charge in [-0.15, -0.1) is 0 Å². The highest BCUT2D eigenvalue weighted by Crippen LogP contribution is 2.13. The van der Waals surface area contributed by atoms with Gasteiger partial charge in [0.05, 0.1) is 17.4 Å². The first kappa shape index (κ1) is 10.7. The number of hydrogen-bond donors (Lipinski definition) is 0. The number of aryl methyl sites for hydroxylation is 1. The first-order chi connectivity index (χ1) is 8.81. The summed E-state index contributed by atoms with van der Waals surface area (Å²) in [6, 6.07) is 12.2. The molecule has 0 aliphatic carbocycles. The van der Waals surface area contributed by atoms with Gasteiger partial charge >= 0.3 is 0 Å². The van der Waals surface area contributed by atoms with E-state index in [4.69, 9.17) is 0 Å². The fourth-order valence-corrected chi connectivity index (χ4v) is 1.88. The number of para-hydroxylation sites is 1. The Morgan fingerprint density at radius 3 is 2.78 bits per heavy atom. The van der Waals surface area contributed by atoms with Crippen LogP contribution in [0.1, 0.15) is 11.3 Å². The molecule has 3 nitrogen and oxygen atoms in total. The highest BCUT2D eigenvalue weighted by atomic mass is 15.2. The molecule has 0 fully saturated rings. The van der Waals surface area contributed by atoms with Gasteiger partial charge in [0.2, 0.25) is 0 Å². The number of hydrogen-bond acceptors (Lipinski definition) is 2. The fraction of sp³-hybridized carbons (Fsp3) is 0.0667. The molecule has 0 bridgehead atoms. The summed E-state index contributed by atoms with van der Waals surface area (Å²) in [5, 5.41) is 5.29. The van der Waals surface area contributed by atoms with E-state index in [-0.39, 0.29) is 0 Å². The second-order valence-corrected chi connectivity index (χ2v) is 4.21. The molecule has 0 radical (unpaired) electrons. The predicted molar refractivity (Wildman–Crippen MR) is 73.9 cm³/mol. The Labute approximate surface area is 105 Å². The molecule has 3 rings (SSSR count). The molecule has 0 unspecified atom stereocenters. The van der Waals surface area contributed by atoms with Gasteiger partial charge < -0.3 is 0 Å². The zero-order valence-corrected chi connectivity index (χ0v) is 10.1. The van der Waals surface area contributed by atoms with Gasteiger partial charge in [-0.25, -0.2) is 4.98 Å². The minimum atomic E-state index is 0.956. The lowest BCUT2D eigenvalue weighted by atomic mass is 10.2. The van der Waals surface area contributed by atoms with Crippen molar-refractivity contribution in [1.82, 2.24) is 14.8 Å². The molecule has 0 spiro atoms. The van der Waals surface area contributed by atoms with Crippen LogP contribution in [0.2, 0.25) is 0 Å². The zero-order valence-electron chi connectivity index (χ0n) is 10.1. The fourth-order valence-electron chi connectivity index (χ4n) is 1.88. The minimum Gasteiger partial charge on any atom is -0.275 e. The van der Waals surface area contributed by atoms with Crippen LogP contribution in [-0.2, 0) is 7.05 Å². The van der Waals surface area contributed by atoms with Crippen molar-refractivity contribution < 1.29 is 0 Å². The van der Waals surface area contributed by atoms with E-state index in [2.05, 4.69) is 22.2 Å². The van der Waals surface area contributed by atoms with E-state index in [1.54, 1.807) is 4.68 Å². The zero-order chi connectivity index (χ0) is 12.4. The smallest absolute Gasteiger partial charge is 0.0709 e. The summed E-state index contributed by atoms with van der Waals surface area (Å²) in [7, 11) is 1.91. The van der Waals surface area contributed by atoms with Crippen LogP contribution < -0.4 is 0 Å². The molecule has 0 aliphatic rings. The van der Waals surface area contributed by atoms with Crippen LogP contribution in [0.25, 0.3) is 23.1 Å². The van der Waals surface area contributed by atoms with E-state index < -0.39 is 0 Å². The lowest BCUT2D eigenvalue weighted by Crippen LogP contribution is -1.84. The average Bonchev–Trinajstić information content (AvgIpc) is 2.82. The van der Waals surface area contributed by atoms with Crippen LogP contribution in [0.4, 0.5) is 0 Å². The average molecular weight is 235 g/mol. The van der Waals surface area contributed by atoms with Crippen molar-refractivity contribution in [3.8, 4) is 0 Å². The third-order valence-electron chi connectivity index (χ3n) is 2.79. The second kappa shape index (κ2) is 4.45. The quantitative estimate of drug-likeness (QED) is 0.683. The Morgan fingerprint density at radius 2 is 1.94 bits per heavy atom. The molecule has 18 heavy (non-hydrogen) atoms. The molecule has 0 saturated carbocycles. The number of nitrogens with zero attached hydrogens (tertiary/aromatic N) is 3. The number of benzene rings is 1. The Morgan fingerprint density at radius 1 is 1.06 bits per heavy atom. The largest absolute Gasteiger partial charge is 0.275 e. The lowest BCUT2D eigenvalue weighted by molar-refractivity contribution is 0.767. The molecule has 1 aromatic carbocycles. The van der Waals surface area contributed by atoms with Crippen molar-refractivity contribution >= 4 is 23.1 Å². The lowest BCUT2D eigenvalue weighted by Gasteiger charge is -1.97. The predicted octanol–water partition coefficient (Wildman–Crippen LogP) is 3.14. The van der Waals surface area contributed by atoms with Gasteiger partial charge in [0.25, 0.3) is 0 Å². The van der Waals surface area contributed by atoms with E-state index in [1.807, 2.05) is 55.9 Å².